The van der Waals surface area contributed by atoms with Gasteiger partial charge in [0.05, 0.1) is 12.2 Å². The molecule has 2 fully saturated rings. The Labute approximate surface area is 500 Å². The summed E-state index contributed by atoms with van der Waals surface area (Å²) in [5.41, 5.74) is 1.78. The summed E-state index contributed by atoms with van der Waals surface area (Å²) in [4.78, 5) is 64.4. The number of ketones is 2. The van der Waals surface area contributed by atoms with Crippen LogP contribution in [0.1, 0.15) is 203 Å². The number of hydrogen-bond donors (Lipinski definition) is 0. The largest absolute Gasteiger partial charge is 0.538 e. The lowest BCUT2D eigenvalue weighted by molar-refractivity contribution is -0.132. The van der Waals surface area contributed by atoms with Crippen molar-refractivity contribution in [2.75, 3.05) is 28.2 Å². The summed E-state index contributed by atoms with van der Waals surface area (Å²) in [6.45, 7) is 50.3. The molecule has 0 radical (unpaired) electrons. The number of nitrogens with zero attached hydrogens (tertiary/aromatic N) is 2. The highest BCUT2D eigenvalue weighted by atomic mass is 28.4. The van der Waals surface area contributed by atoms with Gasteiger partial charge in [0.2, 0.25) is 11.6 Å². The van der Waals surface area contributed by atoms with Gasteiger partial charge in [-0.3, -0.25) is 9.59 Å². The molecule has 2 heterocycles. The summed E-state index contributed by atoms with van der Waals surface area (Å²) < 4.78 is 40.3. The molecule has 0 N–H and O–H groups in total. The summed E-state index contributed by atoms with van der Waals surface area (Å²) in [6.07, 6.45) is 18.9. The highest BCUT2D eigenvalue weighted by Gasteiger charge is 2.68. The van der Waals surface area contributed by atoms with E-state index in [0.29, 0.717) is 0 Å². The standard InChI is InChI=1S/C68H112N2O10Si2/c1-27-67(21)53(77-67)37-35-49(15)31-29-33-51(17)39-41-65(19)55(57(75-63(73)69(23)24)59(61(65)71)79-81(43(3)4,44(5)6)45(7)8)56-58(76-64(74)70(25)26)60(80-82(46(9)10,47(11)12)48(13)14)62(72)66(56,20)42-40-52(18)34-30-32-50(16)36-38-54-68(22,28-2)78-54/h27-28,31-32,39-40,43-48,53-56H,1-2,29-30,33-38,41-42H2,3-26H3/b49-31+,50-32+,51-39+,52-40+/t53-,54-,55?,56?,65-,66-,67-,68-/m0/s1. The molecule has 8 atom stereocenters. The summed E-state index contributed by atoms with van der Waals surface area (Å²) in [5.74, 6) is -2.54. The van der Waals surface area contributed by atoms with Gasteiger partial charge in [-0.2, -0.15) is 0 Å². The number of carbonyl (C=O) groups excluding carboxylic acids is 4. The van der Waals surface area contributed by atoms with E-state index in [1.54, 1.807) is 28.2 Å². The number of allylic oxidation sites excluding steroid dienone is 12. The number of amides is 2. The Morgan fingerprint density at radius 1 is 0.512 bits per heavy atom. The van der Waals surface area contributed by atoms with E-state index in [9.17, 15) is 9.59 Å². The van der Waals surface area contributed by atoms with E-state index in [1.807, 2.05) is 26.0 Å². The molecule has 2 unspecified atom stereocenters. The smallest absolute Gasteiger partial charge is 0.414 e. The van der Waals surface area contributed by atoms with E-state index in [-0.39, 0.29) is 104 Å². The topological polar surface area (TPSA) is 137 Å². The molecule has 0 aromatic rings. The molecule has 0 aromatic heterocycles. The molecular formula is C68H112N2O10Si2. The number of Topliss-reactive ketones (excluding diaryl/α,β-unsaturated/α-hetero) is 2. The summed E-state index contributed by atoms with van der Waals surface area (Å²) in [5, 5.41) is 0. The first-order chi connectivity index (χ1) is 37.9. The minimum absolute atomic E-state index is 0.0243. The third kappa shape index (κ3) is 15.0. The van der Waals surface area contributed by atoms with Crippen molar-refractivity contribution in [3.63, 3.8) is 0 Å². The summed E-state index contributed by atoms with van der Waals surface area (Å²) in [7, 11) is 0.510. The van der Waals surface area contributed by atoms with Gasteiger partial charge in [0, 0.05) is 50.9 Å². The maximum absolute atomic E-state index is 16.4. The van der Waals surface area contributed by atoms with Crippen LogP contribution < -0.4 is 0 Å². The average molecular weight is 1170 g/mol. The first-order valence-corrected chi connectivity index (χ1v) is 35.2. The fourth-order valence-corrected chi connectivity index (χ4v) is 24.3. The first kappa shape index (κ1) is 70.2. The van der Waals surface area contributed by atoms with Crippen molar-refractivity contribution in [1.82, 2.24) is 9.80 Å². The van der Waals surface area contributed by atoms with Crippen molar-refractivity contribution < 1.29 is 47.0 Å². The third-order valence-corrected chi connectivity index (χ3v) is 31.4. The third-order valence-electron chi connectivity index (χ3n) is 19.4. The Morgan fingerprint density at radius 3 is 1.04 bits per heavy atom. The highest BCUT2D eigenvalue weighted by molar-refractivity contribution is 6.78. The van der Waals surface area contributed by atoms with Crippen LogP contribution in [0.25, 0.3) is 0 Å². The second-order valence-electron chi connectivity index (χ2n) is 28.0. The van der Waals surface area contributed by atoms with E-state index < -0.39 is 51.5 Å². The zero-order valence-corrected chi connectivity index (χ0v) is 57.7. The first-order valence-electron chi connectivity index (χ1n) is 30.9. The maximum atomic E-state index is 16.4. The van der Waals surface area contributed by atoms with Crippen LogP contribution in [0.4, 0.5) is 9.59 Å². The molecule has 0 aromatic carbocycles. The molecule has 0 spiro atoms. The minimum Gasteiger partial charge on any atom is -0.538 e. The molecule has 4 aliphatic rings. The van der Waals surface area contributed by atoms with Gasteiger partial charge in [-0.15, -0.1) is 13.2 Å². The van der Waals surface area contributed by atoms with Gasteiger partial charge in [0.25, 0.3) is 16.6 Å². The van der Waals surface area contributed by atoms with Crippen LogP contribution in [0.3, 0.4) is 0 Å². The van der Waals surface area contributed by atoms with Crippen molar-refractivity contribution in [1.29, 1.82) is 0 Å². The predicted molar refractivity (Wildman–Crippen MR) is 340 cm³/mol. The van der Waals surface area contributed by atoms with E-state index in [4.69, 9.17) is 27.8 Å². The van der Waals surface area contributed by atoms with Gasteiger partial charge in [-0.05, 0) is 139 Å². The zero-order chi connectivity index (χ0) is 62.4. The number of carbonyl (C=O) groups is 4. The lowest BCUT2D eigenvalue weighted by Gasteiger charge is -2.42. The highest BCUT2D eigenvalue weighted by Crippen LogP contribution is 2.63. The minimum atomic E-state index is -2.97. The monoisotopic (exact) mass is 1170 g/mol. The van der Waals surface area contributed by atoms with Gasteiger partial charge in [0.1, 0.15) is 11.2 Å². The Kier molecular flexibility index (Phi) is 23.9. The fraction of sp³-hybridized carbons (Fsp3) is 0.706. The lowest BCUT2D eigenvalue weighted by atomic mass is 9.60. The molecule has 4 rings (SSSR count). The number of rotatable bonds is 31. The summed E-state index contributed by atoms with van der Waals surface area (Å²) >= 11 is 0. The van der Waals surface area contributed by atoms with Crippen molar-refractivity contribution in [2.45, 2.75) is 259 Å². The molecule has 0 bridgehead atoms. The van der Waals surface area contributed by atoms with Crippen LogP contribution in [0.5, 0.6) is 0 Å². The Hall–Kier alpha value is -4.25. The number of hydrogen-bond acceptors (Lipinski definition) is 10. The van der Waals surface area contributed by atoms with E-state index in [0.717, 1.165) is 62.5 Å². The second kappa shape index (κ2) is 27.9. The van der Waals surface area contributed by atoms with Crippen molar-refractivity contribution in [3.05, 3.63) is 94.9 Å². The molecule has 2 saturated heterocycles. The molecule has 2 aliphatic heterocycles. The molecule has 12 nitrogen and oxygen atoms in total. The van der Waals surface area contributed by atoms with Gasteiger partial charge >= 0.3 is 12.2 Å². The zero-order valence-electron chi connectivity index (χ0n) is 55.7. The van der Waals surface area contributed by atoms with Crippen LogP contribution >= 0.6 is 0 Å². The van der Waals surface area contributed by atoms with Crippen LogP contribution in [0.15, 0.2) is 94.9 Å². The van der Waals surface area contributed by atoms with Gasteiger partial charge in [0.15, 0.2) is 23.0 Å². The van der Waals surface area contributed by atoms with Crippen LogP contribution in [-0.2, 0) is 37.4 Å². The van der Waals surface area contributed by atoms with E-state index in [1.165, 1.54) is 20.9 Å². The Balaban J connectivity index is 2.07. The van der Waals surface area contributed by atoms with Gasteiger partial charge in [-0.25, -0.2) is 9.59 Å². The fourth-order valence-electron chi connectivity index (χ4n) is 13.8. The molecule has 82 heavy (non-hydrogen) atoms. The number of ether oxygens (including phenoxy) is 4. The predicted octanol–water partition coefficient (Wildman–Crippen LogP) is 18.0. The SMILES string of the molecule is C=C[C@]1(C)O[C@H]1CC/C(C)=C/CC/C(C)=C/C[C@]1(C)C(=O)C(O[Si](C(C)C)(C(C)C)C(C)C)=C(OC(=O)N(C)C)C1C1C(OC(=O)N(C)C)=C(O[Si](C(C)C)(C(C)C)C(C)C)C(=O)[C@@]1(C)C/C=C(\C)CC/C=C(\C)CC[C@@H]1O[C@@]1(C)C=C. The van der Waals surface area contributed by atoms with Crippen LogP contribution in [-0.4, -0.2) is 102 Å². The van der Waals surface area contributed by atoms with Crippen LogP contribution in [0, 0.1) is 22.7 Å². The molecule has 2 aliphatic carbocycles. The molecule has 462 valence electrons. The molecule has 2 amide bonds. The van der Waals surface area contributed by atoms with Gasteiger partial charge < -0.3 is 37.6 Å². The van der Waals surface area contributed by atoms with Crippen molar-refractivity contribution >= 4 is 40.4 Å². The van der Waals surface area contributed by atoms with E-state index >= 15 is 9.59 Å². The van der Waals surface area contributed by atoms with E-state index in [2.05, 4.69) is 162 Å². The average Bonchev–Trinajstić information content (AvgIpc) is 4.04. The molecular weight excluding hydrogens is 1060 g/mol. The normalized spacial score (nSPS) is 27.5. The van der Waals surface area contributed by atoms with Crippen molar-refractivity contribution in [2.24, 2.45) is 22.7 Å². The van der Waals surface area contributed by atoms with Crippen molar-refractivity contribution in [3.8, 4) is 0 Å². The molecule has 14 heteroatoms. The summed E-state index contributed by atoms with van der Waals surface area (Å²) in [6, 6.07) is 0. The quantitative estimate of drug-likeness (QED) is 0.0375. The van der Waals surface area contributed by atoms with Gasteiger partial charge in [-0.1, -0.05) is 156 Å². The Bertz CT molecular complexity index is 2330. The van der Waals surface area contributed by atoms with Crippen LogP contribution in [0.2, 0.25) is 33.2 Å². The maximum Gasteiger partial charge on any atom is 0.414 e. The lowest BCUT2D eigenvalue weighted by Crippen LogP contribution is -2.48. The Morgan fingerprint density at radius 2 is 0.793 bits per heavy atom. The number of epoxide rings is 2. The second-order valence-corrected chi connectivity index (χ2v) is 38.7. The molecule has 0 saturated carbocycles.